The lowest BCUT2D eigenvalue weighted by molar-refractivity contribution is 0.320. The minimum atomic E-state index is -2.60. The summed E-state index contributed by atoms with van der Waals surface area (Å²) in [4.78, 5) is 9.79. The Hall–Kier alpha value is 0.140. The zero-order chi connectivity index (χ0) is 11.9. The van der Waals surface area contributed by atoms with Crippen molar-refractivity contribution in [3.05, 3.63) is 35.9 Å². The van der Waals surface area contributed by atoms with Gasteiger partial charge in [0.15, 0.2) is 0 Å². The summed E-state index contributed by atoms with van der Waals surface area (Å²) in [6, 6.07) is 10.2. The van der Waals surface area contributed by atoms with Gasteiger partial charge in [0.1, 0.15) is 0 Å². The van der Waals surface area contributed by atoms with E-state index in [0.717, 1.165) is 18.6 Å². The number of hydrogen-bond acceptors (Lipinski definition) is 3. The maximum absolute atomic E-state index is 9.79. The lowest BCUT2D eigenvalue weighted by atomic mass is 10.2. The first-order valence-corrected chi connectivity index (χ1v) is 9.56. The highest BCUT2D eigenvalue weighted by Gasteiger charge is 2.13. The largest absolute Gasteiger partial charge is 0.337 e. The normalized spacial score (nSPS) is 14.6. The summed E-state index contributed by atoms with van der Waals surface area (Å²) in [6.45, 7) is 2.55. The molecule has 0 aliphatic rings. The van der Waals surface area contributed by atoms with E-state index in [4.69, 9.17) is 16.3 Å². The van der Waals surface area contributed by atoms with Gasteiger partial charge in [-0.25, -0.2) is 0 Å². The maximum Gasteiger partial charge on any atom is 0.244 e. The van der Waals surface area contributed by atoms with Gasteiger partial charge in [0.2, 0.25) is 5.69 Å². The van der Waals surface area contributed by atoms with Gasteiger partial charge in [0.05, 0.1) is 6.61 Å². The Labute approximate surface area is 106 Å². The van der Waals surface area contributed by atoms with Crippen LogP contribution in [0.1, 0.15) is 18.9 Å². The van der Waals surface area contributed by atoms with Crippen molar-refractivity contribution >= 4 is 28.9 Å². The SMILES string of the molecule is CCCOP(O)(=S)SCCc1ccccc1. The second kappa shape index (κ2) is 7.46. The molecule has 1 aromatic rings. The lowest BCUT2D eigenvalue weighted by Crippen LogP contribution is -1.91. The van der Waals surface area contributed by atoms with E-state index in [0.29, 0.717) is 6.61 Å². The first kappa shape index (κ1) is 14.2. The third-order valence-electron chi connectivity index (χ3n) is 1.95. The van der Waals surface area contributed by atoms with E-state index in [1.54, 1.807) is 0 Å². The molecule has 1 rings (SSSR count). The van der Waals surface area contributed by atoms with Crippen molar-refractivity contribution in [3.8, 4) is 0 Å². The molecule has 16 heavy (non-hydrogen) atoms. The molecular weight excluding hydrogens is 259 g/mol. The number of rotatable bonds is 7. The fraction of sp³-hybridized carbons (Fsp3) is 0.455. The molecule has 0 saturated heterocycles. The molecule has 1 N–H and O–H groups in total. The topological polar surface area (TPSA) is 29.5 Å². The molecule has 1 aromatic carbocycles. The van der Waals surface area contributed by atoms with Gasteiger partial charge in [-0.05, 0) is 30.2 Å². The van der Waals surface area contributed by atoms with Crippen LogP contribution >= 0.6 is 17.1 Å². The second-order valence-electron chi connectivity index (χ2n) is 3.37. The third kappa shape index (κ3) is 6.02. The lowest BCUT2D eigenvalue weighted by Gasteiger charge is -2.14. The number of benzene rings is 1. The summed E-state index contributed by atoms with van der Waals surface area (Å²) in [7, 11) is 0. The van der Waals surface area contributed by atoms with Gasteiger partial charge >= 0.3 is 0 Å². The molecule has 1 unspecified atom stereocenters. The van der Waals surface area contributed by atoms with Crippen LogP contribution in [0.15, 0.2) is 30.3 Å². The Balaban J connectivity index is 2.27. The van der Waals surface area contributed by atoms with Crippen molar-refractivity contribution in [3.63, 3.8) is 0 Å². The standard InChI is InChI=1S/C11H17O2PS2/c1-2-9-13-14(12,15)16-10-8-11-6-4-3-5-7-11/h3-7H,2,8-10H2,1H3,(H,12,15). The van der Waals surface area contributed by atoms with Gasteiger partial charge in [0, 0.05) is 5.75 Å². The zero-order valence-corrected chi connectivity index (χ0v) is 11.9. The van der Waals surface area contributed by atoms with E-state index >= 15 is 0 Å². The van der Waals surface area contributed by atoms with E-state index in [1.807, 2.05) is 25.1 Å². The van der Waals surface area contributed by atoms with E-state index in [9.17, 15) is 4.89 Å². The van der Waals surface area contributed by atoms with Crippen LogP contribution in [0.3, 0.4) is 0 Å². The third-order valence-corrected chi connectivity index (χ3v) is 6.28. The predicted octanol–water partition coefficient (Wildman–Crippen LogP) is 3.61. The molecule has 0 aliphatic carbocycles. The minimum absolute atomic E-state index is 0.548. The molecule has 0 heterocycles. The molecule has 90 valence electrons. The summed E-state index contributed by atoms with van der Waals surface area (Å²) in [6.07, 6.45) is 1.80. The van der Waals surface area contributed by atoms with Gasteiger partial charge in [-0.2, -0.15) is 0 Å². The molecule has 1 atom stereocenters. The maximum atomic E-state index is 9.79. The van der Waals surface area contributed by atoms with E-state index in [-0.39, 0.29) is 0 Å². The number of aryl methyl sites for hydroxylation is 1. The molecule has 0 saturated carbocycles. The fourth-order valence-electron chi connectivity index (χ4n) is 1.17. The van der Waals surface area contributed by atoms with Crippen LogP contribution in [0.25, 0.3) is 0 Å². The highest BCUT2D eigenvalue weighted by Crippen LogP contribution is 2.56. The van der Waals surface area contributed by atoms with E-state index in [1.165, 1.54) is 16.9 Å². The molecule has 2 nitrogen and oxygen atoms in total. The zero-order valence-electron chi connectivity index (χ0n) is 9.33. The minimum Gasteiger partial charge on any atom is -0.337 e. The Morgan fingerprint density at radius 3 is 2.69 bits per heavy atom. The molecule has 0 aromatic heterocycles. The van der Waals surface area contributed by atoms with Gasteiger partial charge in [-0.15, -0.1) is 0 Å². The van der Waals surface area contributed by atoms with Gasteiger partial charge < -0.3 is 9.42 Å². The Morgan fingerprint density at radius 1 is 1.38 bits per heavy atom. The first-order chi connectivity index (χ1) is 7.64. The average Bonchev–Trinajstić information content (AvgIpc) is 2.28. The van der Waals surface area contributed by atoms with Crippen molar-refractivity contribution in [1.29, 1.82) is 0 Å². The highest BCUT2D eigenvalue weighted by atomic mass is 32.9. The second-order valence-corrected chi connectivity index (χ2v) is 9.67. The summed E-state index contributed by atoms with van der Waals surface area (Å²) in [5.74, 6) is 0.807. The van der Waals surface area contributed by atoms with Crippen LogP contribution in [-0.4, -0.2) is 17.3 Å². The van der Waals surface area contributed by atoms with Gasteiger partial charge in [0.25, 0.3) is 0 Å². The van der Waals surface area contributed by atoms with Crippen molar-refractivity contribution in [2.45, 2.75) is 19.8 Å². The van der Waals surface area contributed by atoms with Gasteiger partial charge in [-0.3, -0.25) is 0 Å². The monoisotopic (exact) mass is 276 g/mol. The van der Waals surface area contributed by atoms with Crippen LogP contribution < -0.4 is 0 Å². The molecule has 0 spiro atoms. The van der Waals surface area contributed by atoms with Crippen molar-refractivity contribution in [2.24, 2.45) is 0 Å². The predicted molar refractivity (Wildman–Crippen MR) is 75.4 cm³/mol. The Morgan fingerprint density at radius 2 is 2.06 bits per heavy atom. The van der Waals surface area contributed by atoms with Crippen molar-refractivity contribution in [2.75, 3.05) is 12.4 Å². The summed E-state index contributed by atoms with van der Waals surface area (Å²) >= 11 is 6.40. The van der Waals surface area contributed by atoms with E-state index in [2.05, 4.69) is 12.1 Å². The van der Waals surface area contributed by atoms with Crippen molar-refractivity contribution in [1.82, 2.24) is 0 Å². The van der Waals surface area contributed by atoms with Crippen LogP contribution in [0.4, 0.5) is 0 Å². The average molecular weight is 276 g/mol. The Bertz CT molecular complexity index is 343. The molecule has 0 radical (unpaired) electrons. The molecular formula is C11H17O2PS2. The quantitative estimate of drug-likeness (QED) is 0.770. The summed E-state index contributed by atoms with van der Waals surface area (Å²) < 4.78 is 5.26. The Kier molecular flexibility index (Phi) is 6.62. The summed E-state index contributed by atoms with van der Waals surface area (Å²) in [5.41, 5.74) is -1.33. The van der Waals surface area contributed by atoms with Crippen LogP contribution in [0.2, 0.25) is 0 Å². The van der Waals surface area contributed by atoms with Crippen LogP contribution in [0, 0.1) is 0 Å². The van der Waals surface area contributed by atoms with Crippen molar-refractivity contribution < 1.29 is 9.42 Å². The molecule has 0 aliphatic heterocycles. The summed E-state index contributed by atoms with van der Waals surface area (Å²) in [5, 5.41) is 0. The van der Waals surface area contributed by atoms with Gasteiger partial charge in [-0.1, -0.05) is 48.6 Å². The van der Waals surface area contributed by atoms with Crippen LogP contribution in [-0.2, 0) is 22.8 Å². The smallest absolute Gasteiger partial charge is 0.244 e. The molecule has 5 heteroatoms. The highest BCUT2D eigenvalue weighted by molar-refractivity contribution is 8.67. The molecule has 0 bridgehead atoms. The fourth-order valence-corrected chi connectivity index (χ4v) is 4.52. The number of hydrogen-bond donors (Lipinski definition) is 1. The molecule has 0 fully saturated rings. The van der Waals surface area contributed by atoms with Crippen LogP contribution in [0.5, 0.6) is 0 Å². The van der Waals surface area contributed by atoms with E-state index < -0.39 is 5.69 Å². The molecule has 0 amide bonds. The first-order valence-electron chi connectivity index (χ1n) is 5.30.